The quantitative estimate of drug-likeness (QED) is 0.549. The Labute approximate surface area is 83.2 Å². The van der Waals surface area contributed by atoms with Crippen LogP contribution in [0.15, 0.2) is 0 Å². The average molecular weight is 200 g/mol. The number of hydrogen-bond acceptors (Lipinski definition) is 3. The van der Waals surface area contributed by atoms with Crippen LogP contribution in [0.1, 0.15) is 26.7 Å². The molecule has 1 atom stereocenters. The summed E-state index contributed by atoms with van der Waals surface area (Å²) in [5, 5.41) is 4.92. The largest absolute Gasteiger partial charge is 0.352 e. The van der Waals surface area contributed by atoms with Crippen molar-refractivity contribution >= 4 is 18.1 Å². The van der Waals surface area contributed by atoms with Crippen molar-refractivity contribution < 1.29 is 14.4 Å². The molecule has 0 radical (unpaired) electrons. The van der Waals surface area contributed by atoms with Crippen molar-refractivity contribution in [3.8, 4) is 0 Å². The summed E-state index contributed by atoms with van der Waals surface area (Å²) in [6, 6.07) is -0.0418. The monoisotopic (exact) mass is 200 g/mol. The van der Waals surface area contributed by atoms with Crippen LogP contribution in [0.2, 0.25) is 0 Å². The number of Topliss-reactive ketones (excluding diaryl/α,β-unsaturated/α-hetero) is 1. The van der Waals surface area contributed by atoms with E-state index in [0.29, 0.717) is 19.3 Å². The van der Waals surface area contributed by atoms with Crippen molar-refractivity contribution in [3.63, 3.8) is 0 Å². The third-order valence-corrected chi connectivity index (χ3v) is 1.68. The highest BCUT2D eigenvalue weighted by atomic mass is 16.2. The van der Waals surface area contributed by atoms with Crippen molar-refractivity contribution in [3.05, 3.63) is 0 Å². The second kappa shape index (κ2) is 7.06. The van der Waals surface area contributed by atoms with Crippen LogP contribution in [-0.4, -0.2) is 30.7 Å². The predicted octanol–water partition coefficient (Wildman–Crippen LogP) is -0.394. The van der Waals surface area contributed by atoms with Gasteiger partial charge in [-0.15, -0.1) is 0 Å². The van der Waals surface area contributed by atoms with Gasteiger partial charge in [0.05, 0.1) is 6.54 Å². The minimum Gasteiger partial charge on any atom is -0.352 e. The van der Waals surface area contributed by atoms with Crippen molar-refractivity contribution in [2.75, 3.05) is 6.54 Å². The molecule has 1 unspecified atom stereocenters. The third kappa shape index (κ3) is 7.27. The number of carbonyl (C=O) groups excluding carboxylic acids is 3. The van der Waals surface area contributed by atoms with Gasteiger partial charge in [0, 0.05) is 12.5 Å². The molecule has 0 heterocycles. The molecule has 2 amide bonds. The summed E-state index contributed by atoms with van der Waals surface area (Å²) < 4.78 is 0. The smallest absolute Gasteiger partial charge is 0.239 e. The SMILES string of the molecule is CC(=O)CCC(C)NC(=O)CNC=O. The van der Waals surface area contributed by atoms with Gasteiger partial charge in [-0.2, -0.15) is 0 Å². The van der Waals surface area contributed by atoms with Crippen LogP contribution in [0, 0.1) is 0 Å². The Balaban J connectivity index is 3.59. The van der Waals surface area contributed by atoms with Crippen LogP contribution < -0.4 is 10.6 Å². The van der Waals surface area contributed by atoms with Gasteiger partial charge in [-0.05, 0) is 20.3 Å². The molecule has 0 aliphatic carbocycles. The lowest BCUT2D eigenvalue weighted by Gasteiger charge is -2.12. The first-order valence-corrected chi connectivity index (χ1v) is 4.52. The molecule has 0 aromatic carbocycles. The molecule has 0 aliphatic rings. The highest BCUT2D eigenvalue weighted by Gasteiger charge is 2.07. The van der Waals surface area contributed by atoms with Gasteiger partial charge in [-0.3, -0.25) is 9.59 Å². The van der Waals surface area contributed by atoms with Crippen molar-refractivity contribution in [2.24, 2.45) is 0 Å². The zero-order valence-electron chi connectivity index (χ0n) is 8.50. The second-order valence-corrected chi connectivity index (χ2v) is 3.21. The van der Waals surface area contributed by atoms with E-state index in [9.17, 15) is 14.4 Å². The Morgan fingerprint density at radius 2 is 2.07 bits per heavy atom. The van der Waals surface area contributed by atoms with E-state index in [-0.39, 0.29) is 24.3 Å². The van der Waals surface area contributed by atoms with Gasteiger partial charge in [0.2, 0.25) is 12.3 Å². The Bertz CT molecular complexity index is 216. The fraction of sp³-hybridized carbons (Fsp3) is 0.667. The molecule has 0 bridgehead atoms. The summed E-state index contributed by atoms with van der Waals surface area (Å²) in [4.78, 5) is 31.5. The van der Waals surface area contributed by atoms with E-state index in [1.807, 2.05) is 6.92 Å². The first-order valence-electron chi connectivity index (χ1n) is 4.52. The van der Waals surface area contributed by atoms with Crippen LogP contribution in [0.3, 0.4) is 0 Å². The maximum atomic E-state index is 11.0. The molecule has 0 saturated carbocycles. The lowest BCUT2D eigenvalue weighted by atomic mass is 10.1. The van der Waals surface area contributed by atoms with E-state index in [1.165, 1.54) is 6.92 Å². The molecule has 0 saturated heterocycles. The third-order valence-electron chi connectivity index (χ3n) is 1.68. The topological polar surface area (TPSA) is 75.3 Å². The molecular formula is C9H16N2O3. The van der Waals surface area contributed by atoms with Crippen LogP contribution in [0.5, 0.6) is 0 Å². The first-order chi connectivity index (χ1) is 6.56. The molecule has 80 valence electrons. The van der Waals surface area contributed by atoms with Gasteiger partial charge in [0.15, 0.2) is 0 Å². The molecule has 5 heteroatoms. The first kappa shape index (κ1) is 12.6. The zero-order valence-corrected chi connectivity index (χ0v) is 8.50. The molecule has 5 nitrogen and oxygen atoms in total. The number of hydrogen-bond donors (Lipinski definition) is 2. The minimum absolute atomic E-state index is 0.0199. The average Bonchev–Trinajstić information content (AvgIpc) is 2.11. The Morgan fingerprint density at radius 3 is 2.57 bits per heavy atom. The molecule has 0 fully saturated rings. The molecule has 0 rings (SSSR count). The van der Waals surface area contributed by atoms with E-state index in [2.05, 4.69) is 10.6 Å². The number of carbonyl (C=O) groups is 3. The highest BCUT2D eigenvalue weighted by molar-refractivity contribution is 5.80. The molecule has 14 heavy (non-hydrogen) atoms. The Hall–Kier alpha value is -1.39. The summed E-state index contributed by atoms with van der Waals surface area (Å²) in [5.74, 6) is -0.134. The Kier molecular flexibility index (Phi) is 6.36. The lowest BCUT2D eigenvalue weighted by Crippen LogP contribution is -2.38. The summed E-state index contributed by atoms with van der Waals surface area (Å²) in [6.07, 6.45) is 1.56. The van der Waals surface area contributed by atoms with Crippen LogP contribution >= 0.6 is 0 Å². The van der Waals surface area contributed by atoms with E-state index < -0.39 is 0 Å². The second-order valence-electron chi connectivity index (χ2n) is 3.21. The summed E-state index contributed by atoms with van der Waals surface area (Å²) in [7, 11) is 0. The summed E-state index contributed by atoms with van der Waals surface area (Å²) >= 11 is 0. The van der Waals surface area contributed by atoms with Crippen LogP contribution in [0.25, 0.3) is 0 Å². The molecule has 0 aliphatic heterocycles. The fourth-order valence-corrected chi connectivity index (χ4v) is 0.952. The van der Waals surface area contributed by atoms with E-state index in [1.54, 1.807) is 0 Å². The van der Waals surface area contributed by atoms with Crippen molar-refractivity contribution in [2.45, 2.75) is 32.7 Å². The molecule has 2 N–H and O–H groups in total. The Morgan fingerprint density at radius 1 is 1.43 bits per heavy atom. The fourth-order valence-electron chi connectivity index (χ4n) is 0.952. The van der Waals surface area contributed by atoms with Gasteiger partial charge in [-0.1, -0.05) is 0 Å². The molecule has 0 aromatic heterocycles. The van der Waals surface area contributed by atoms with E-state index in [4.69, 9.17) is 0 Å². The highest BCUT2D eigenvalue weighted by Crippen LogP contribution is 1.96. The van der Waals surface area contributed by atoms with Gasteiger partial charge in [-0.25, -0.2) is 0 Å². The maximum Gasteiger partial charge on any atom is 0.239 e. The molecule has 0 aromatic rings. The molecular weight excluding hydrogens is 184 g/mol. The van der Waals surface area contributed by atoms with Crippen molar-refractivity contribution in [1.29, 1.82) is 0 Å². The number of amides is 2. The zero-order chi connectivity index (χ0) is 11.0. The number of ketones is 1. The molecule has 0 spiro atoms. The standard InChI is InChI=1S/C9H16N2O3/c1-7(3-4-8(2)13)11-9(14)5-10-6-12/h6-7H,3-5H2,1-2H3,(H,10,12)(H,11,14). The van der Waals surface area contributed by atoms with Gasteiger partial charge < -0.3 is 15.4 Å². The summed E-state index contributed by atoms with van der Waals surface area (Å²) in [5.41, 5.74) is 0. The van der Waals surface area contributed by atoms with Crippen LogP contribution in [0.4, 0.5) is 0 Å². The predicted molar refractivity (Wildman–Crippen MR) is 51.6 cm³/mol. The van der Waals surface area contributed by atoms with Crippen molar-refractivity contribution in [1.82, 2.24) is 10.6 Å². The lowest BCUT2D eigenvalue weighted by molar-refractivity contribution is -0.123. The normalized spacial score (nSPS) is 11.6. The summed E-state index contributed by atoms with van der Waals surface area (Å²) in [6.45, 7) is 3.32. The van der Waals surface area contributed by atoms with E-state index >= 15 is 0 Å². The van der Waals surface area contributed by atoms with Gasteiger partial charge >= 0.3 is 0 Å². The maximum absolute atomic E-state index is 11.0. The van der Waals surface area contributed by atoms with Crippen LogP contribution in [-0.2, 0) is 14.4 Å². The number of rotatable bonds is 7. The minimum atomic E-state index is -0.242. The van der Waals surface area contributed by atoms with E-state index in [0.717, 1.165) is 0 Å². The van der Waals surface area contributed by atoms with Gasteiger partial charge in [0.1, 0.15) is 5.78 Å². The van der Waals surface area contributed by atoms with Gasteiger partial charge in [0.25, 0.3) is 0 Å². The number of nitrogens with one attached hydrogen (secondary N) is 2.